The van der Waals surface area contributed by atoms with Crippen LogP contribution in [0.1, 0.15) is 42.5 Å². The number of hydrogen-bond acceptors (Lipinski definition) is 0. The van der Waals surface area contributed by atoms with Gasteiger partial charge in [-0.1, -0.05) is 46.8 Å². The Labute approximate surface area is 123 Å². The predicted octanol–water partition coefficient (Wildman–Crippen LogP) is 6.26. The van der Waals surface area contributed by atoms with Crippen molar-refractivity contribution < 1.29 is 4.39 Å². The Bertz CT molecular complexity index is 403. The molecule has 0 amide bonds. The van der Waals surface area contributed by atoms with Crippen LogP contribution in [0.4, 0.5) is 4.39 Å². The van der Waals surface area contributed by atoms with Crippen molar-refractivity contribution in [2.75, 3.05) is 0 Å². The highest BCUT2D eigenvalue weighted by Gasteiger charge is 2.25. The number of rotatable bonds is 2. The molecule has 2 rings (SSSR count). The van der Waals surface area contributed by atoms with Gasteiger partial charge >= 0.3 is 0 Å². The minimum absolute atomic E-state index is 0.0772. The summed E-state index contributed by atoms with van der Waals surface area (Å²) in [6.07, 6.45) is 6.14. The lowest BCUT2D eigenvalue weighted by Gasteiger charge is -2.27. The fourth-order valence-electron chi connectivity index (χ4n) is 2.43. The van der Waals surface area contributed by atoms with Crippen LogP contribution < -0.4 is 0 Å². The quantitative estimate of drug-likeness (QED) is 0.417. The molecule has 0 nitrogen and oxygen atoms in total. The van der Waals surface area contributed by atoms with Crippen molar-refractivity contribution in [2.45, 2.75) is 36.9 Å². The monoisotopic (exact) mass is 382 g/mol. The van der Waals surface area contributed by atoms with Crippen molar-refractivity contribution in [3.05, 3.63) is 33.0 Å². The Morgan fingerprint density at radius 3 is 2.53 bits per heavy atom. The normalized spacial score (nSPS) is 19.3. The van der Waals surface area contributed by atoms with Gasteiger partial charge in [-0.15, -0.1) is 0 Å². The molecule has 0 aliphatic heterocycles. The fourth-order valence-corrected chi connectivity index (χ4v) is 3.80. The molecule has 1 aliphatic carbocycles. The van der Waals surface area contributed by atoms with Gasteiger partial charge < -0.3 is 0 Å². The molecule has 1 aromatic carbocycles. The lowest BCUT2D eigenvalue weighted by atomic mass is 9.84. The van der Waals surface area contributed by atoms with Gasteiger partial charge in [0, 0.05) is 14.9 Å². The zero-order valence-electron chi connectivity index (χ0n) is 9.36. The average molecular weight is 385 g/mol. The predicted molar refractivity (Wildman–Crippen MR) is 77.4 cm³/mol. The van der Waals surface area contributed by atoms with E-state index < -0.39 is 0 Å². The minimum atomic E-state index is -0.186. The van der Waals surface area contributed by atoms with E-state index in [4.69, 9.17) is 11.6 Å². The van der Waals surface area contributed by atoms with E-state index in [0.717, 1.165) is 0 Å². The van der Waals surface area contributed by atoms with Crippen molar-refractivity contribution >= 4 is 43.5 Å². The Morgan fingerprint density at radius 2 is 1.88 bits per heavy atom. The zero-order valence-corrected chi connectivity index (χ0v) is 13.3. The second-order valence-corrected chi connectivity index (χ2v) is 6.84. The van der Waals surface area contributed by atoms with Gasteiger partial charge in [0.25, 0.3) is 0 Å². The van der Waals surface area contributed by atoms with E-state index in [1.807, 2.05) is 0 Å². The molecule has 1 unspecified atom stereocenters. The van der Waals surface area contributed by atoms with E-state index in [1.165, 1.54) is 38.2 Å². The zero-order chi connectivity index (χ0) is 12.4. The van der Waals surface area contributed by atoms with Crippen LogP contribution in [-0.4, -0.2) is 0 Å². The van der Waals surface area contributed by atoms with E-state index in [1.54, 1.807) is 6.07 Å². The standard InChI is InChI=1S/C13H14Br2ClF/c14-10-7-12(17)9(6-11(10)16)13(15)8-4-2-1-3-5-8/h6-8,13H,1-5H2. The van der Waals surface area contributed by atoms with E-state index in [-0.39, 0.29) is 10.6 Å². The van der Waals surface area contributed by atoms with Gasteiger partial charge in [0.1, 0.15) is 5.82 Å². The number of hydrogen-bond donors (Lipinski definition) is 0. The first-order valence-electron chi connectivity index (χ1n) is 5.88. The van der Waals surface area contributed by atoms with Crippen molar-refractivity contribution in [2.24, 2.45) is 5.92 Å². The summed E-state index contributed by atoms with van der Waals surface area (Å²) in [7, 11) is 0. The minimum Gasteiger partial charge on any atom is -0.207 e. The van der Waals surface area contributed by atoms with Gasteiger partial charge in [-0.05, 0) is 46.8 Å². The molecule has 1 saturated carbocycles. The highest BCUT2D eigenvalue weighted by Crippen LogP contribution is 2.42. The SMILES string of the molecule is Fc1cc(Br)c(Cl)cc1C(Br)C1CCCCC1. The third-order valence-electron chi connectivity index (χ3n) is 3.40. The topological polar surface area (TPSA) is 0 Å². The summed E-state index contributed by atoms with van der Waals surface area (Å²) >= 11 is 12.9. The van der Waals surface area contributed by atoms with Gasteiger partial charge in [-0.3, -0.25) is 0 Å². The molecule has 0 radical (unpaired) electrons. The Balaban J connectivity index is 2.23. The molecular formula is C13H14Br2ClF. The molecule has 0 N–H and O–H groups in total. The molecule has 0 heterocycles. The summed E-state index contributed by atoms with van der Waals surface area (Å²) in [6, 6.07) is 3.18. The van der Waals surface area contributed by atoms with Crippen LogP contribution in [0.15, 0.2) is 16.6 Å². The summed E-state index contributed by atoms with van der Waals surface area (Å²) in [5, 5.41) is 0.571. The molecule has 4 heteroatoms. The van der Waals surface area contributed by atoms with Crippen LogP contribution in [-0.2, 0) is 0 Å². The highest BCUT2D eigenvalue weighted by atomic mass is 79.9. The van der Waals surface area contributed by atoms with Gasteiger partial charge in [0.15, 0.2) is 0 Å². The molecule has 0 saturated heterocycles. The first kappa shape index (κ1) is 13.8. The lowest BCUT2D eigenvalue weighted by Crippen LogP contribution is -2.13. The molecule has 94 valence electrons. The highest BCUT2D eigenvalue weighted by molar-refractivity contribution is 9.10. The van der Waals surface area contributed by atoms with E-state index in [0.29, 0.717) is 21.0 Å². The summed E-state index contributed by atoms with van der Waals surface area (Å²) in [5.74, 6) is 0.337. The van der Waals surface area contributed by atoms with Crippen molar-refractivity contribution in [3.8, 4) is 0 Å². The molecule has 1 fully saturated rings. The maximum Gasteiger partial charge on any atom is 0.128 e. The summed E-state index contributed by atoms with van der Waals surface area (Å²) in [5.41, 5.74) is 0.685. The molecular weight excluding hydrogens is 370 g/mol. The van der Waals surface area contributed by atoms with Crippen molar-refractivity contribution in [3.63, 3.8) is 0 Å². The van der Waals surface area contributed by atoms with Crippen LogP contribution in [0.5, 0.6) is 0 Å². The Morgan fingerprint density at radius 1 is 1.24 bits per heavy atom. The summed E-state index contributed by atoms with van der Waals surface area (Å²) < 4.78 is 14.5. The van der Waals surface area contributed by atoms with Gasteiger partial charge in [-0.25, -0.2) is 4.39 Å². The lowest BCUT2D eigenvalue weighted by molar-refractivity contribution is 0.351. The van der Waals surface area contributed by atoms with Crippen LogP contribution in [0, 0.1) is 11.7 Å². The van der Waals surface area contributed by atoms with E-state index >= 15 is 0 Å². The third-order valence-corrected chi connectivity index (χ3v) is 5.84. The number of alkyl halides is 1. The Hall–Kier alpha value is 0.400. The van der Waals surface area contributed by atoms with Gasteiger partial charge in [0.2, 0.25) is 0 Å². The van der Waals surface area contributed by atoms with E-state index in [2.05, 4.69) is 31.9 Å². The second-order valence-electron chi connectivity index (χ2n) is 4.59. The summed E-state index contributed by atoms with van der Waals surface area (Å²) in [4.78, 5) is 0.0772. The molecule has 1 atom stereocenters. The van der Waals surface area contributed by atoms with Crippen LogP contribution in [0.2, 0.25) is 5.02 Å². The maximum atomic E-state index is 13.9. The first-order chi connectivity index (χ1) is 8.09. The van der Waals surface area contributed by atoms with Crippen LogP contribution >= 0.6 is 43.5 Å². The average Bonchev–Trinajstić information content (AvgIpc) is 2.34. The Kier molecular flexibility index (Phi) is 4.90. The van der Waals surface area contributed by atoms with Gasteiger partial charge in [-0.2, -0.15) is 0 Å². The van der Waals surface area contributed by atoms with Crippen LogP contribution in [0.3, 0.4) is 0 Å². The van der Waals surface area contributed by atoms with Gasteiger partial charge in [0.05, 0.1) is 5.02 Å². The molecule has 17 heavy (non-hydrogen) atoms. The molecule has 1 aromatic rings. The first-order valence-corrected chi connectivity index (χ1v) is 7.97. The fraction of sp³-hybridized carbons (Fsp3) is 0.538. The second kappa shape index (κ2) is 6.03. The van der Waals surface area contributed by atoms with Crippen LogP contribution in [0.25, 0.3) is 0 Å². The number of benzene rings is 1. The molecule has 0 bridgehead atoms. The maximum absolute atomic E-state index is 13.9. The molecule has 1 aliphatic rings. The molecule has 0 aromatic heterocycles. The smallest absolute Gasteiger partial charge is 0.128 e. The summed E-state index contributed by atoms with van der Waals surface area (Å²) in [6.45, 7) is 0. The van der Waals surface area contributed by atoms with E-state index in [9.17, 15) is 4.39 Å². The third kappa shape index (κ3) is 3.24. The molecule has 0 spiro atoms. The number of halogens is 4. The largest absolute Gasteiger partial charge is 0.207 e. The van der Waals surface area contributed by atoms with Crippen molar-refractivity contribution in [1.29, 1.82) is 0 Å². The van der Waals surface area contributed by atoms with Crippen molar-refractivity contribution in [1.82, 2.24) is 0 Å².